The number of aromatic nitrogens is 2. The molecular formula is C12H12BrN3O. The van der Waals surface area contributed by atoms with Gasteiger partial charge in [-0.25, -0.2) is 0 Å². The second-order valence-electron chi connectivity index (χ2n) is 3.85. The molecule has 0 aliphatic rings. The van der Waals surface area contributed by atoms with E-state index >= 15 is 0 Å². The van der Waals surface area contributed by atoms with Crippen LogP contribution in [0, 0.1) is 13.8 Å². The molecule has 1 amide bonds. The number of halogens is 1. The molecule has 0 radical (unpaired) electrons. The first-order chi connectivity index (χ1) is 8.06. The monoisotopic (exact) mass is 293 g/mol. The number of carbonyl (C=O) groups excluding carboxylic acids is 1. The van der Waals surface area contributed by atoms with E-state index in [1.807, 2.05) is 32.0 Å². The molecule has 0 bridgehead atoms. The summed E-state index contributed by atoms with van der Waals surface area (Å²) in [4.78, 5) is 11.8. The fourth-order valence-electron chi connectivity index (χ4n) is 1.40. The van der Waals surface area contributed by atoms with Crippen molar-refractivity contribution in [2.24, 2.45) is 0 Å². The van der Waals surface area contributed by atoms with E-state index in [0.717, 1.165) is 21.4 Å². The molecule has 1 aromatic carbocycles. The van der Waals surface area contributed by atoms with Gasteiger partial charge in [-0.3, -0.25) is 9.89 Å². The van der Waals surface area contributed by atoms with Crippen molar-refractivity contribution in [3.8, 4) is 0 Å². The van der Waals surface area contributed by atoms with E-state index in [4.69, 9.17) is 0 Å². The van der Waals surface area contributed by atoms with Crippen LogP contribution in [0.1, 0.15) is 21.7 Å². The largest absolute Gasteiger partial charge is 0.321 e. The van der Waals surface area contributed by atoms with Gasteiger partial charge < -0.3 is 5.32 Å². The van der Waals surface area contributed by atoms with Gasteiger partial charge in [0.25, 0.3) is 5.91 Å². The second kappa shape index (κ2) is 4.71. The van der Waals surface area contributed by atoms with Crippen molar-refractivity contribution in [3.63, 3.8) is 0 Å². The lowest BCUT2D eigenvalue weighted by Gasteiger charge is -2.05. The molecule has 0 saturated heterocycles. The molecule has 2 aromatic rings. The molecular weight excluding hydrogens is 282 g/mol. The molecule has 88 valence electrons. The zero-order valence-electron chi connectivity index (χ0n) is 9.54. The predicted molar refractivity (Wildman–Crippen MR) is 70.2 cm³/mol. The quantitative estimate of drug-likeness (QED) is 0.894. The van der Waals surface area contributed by atoms with Crippen LogP contribution in [0.5, 0.6) is 0 Å². The third-order valence-corrected chi connectivity index (χ3v) is 3.22. The lowest BCUT2D eigenvalue weighted by atomic mass is 10.2. The number of amides is 1. The number of rotatable bonds is 2. The molecule has 1 aromatic heterocycles. The molecule has 0 saturated carbocycles. The molecule has 0 aliphatic carbocycles. The Morgan fingerprint density at radius 3 is 2.71 bits per heavy atom. The van der Waals surface area contributed by atoms with Crippen molar-refractivity contribution in [1.82, 2.24) is 10.2 Å². The molecule has 0 unspecified atom stereocenters. The van der Waals surface area contributed by atoms with Crippen molar-refractivity contribution < 1.29 is 4.79 Å². The topological polar surface area (TPSA) is 57.8 Å². The Morgan fingerprint density at radius 1 is 1.35 bits per heavy atom. The highest BCUT2D eigenvalue weighted by Crippen LogP contribution is 2.20. The maximum atomic E-state index is 11.8. The van der Waals surface area contributed by atoms with Crippen molar-refractivity contribution >= 4 is 27.5 Å². The van der Waals surface area contributed by atoms with Crippen molar-refractivity contribution in [3.05, 3.63) is 45.7 Å². The molecule has 0 atom stereocenters. The Morgan fingerprint density at radius 2 is 2.12 bits per heavy atom. The van der Waals surface area contributed by atoms with Crippen LogP contribution in [0.4, 0.5) is 5.69 Å². The molecule has 4 nitrogen and oxygen atoms in total. The lowest BCUT2D eigenvalue weighted by molar-refractivity contribution is 0.102. The number of aromatic amines is 1. The Labute approximate surface area is 108 Å². The van der Waals surface area contributed by atoms with Gasteiger partial charge in [0, 0.05) is 15.9 Å². The van der Waals surface area contributed by atoms with E-state index in [2.05, 4.69) is 31.4 Å². The smallest absolute Gasteiger partial charge is 0.276 e. The standard InChI is InChI=1S/C12H12BrN3O/c1-7-3-4-9(6-10(7)13)14-12(17)11-5-8(2)15-16-11/h3-6H,1-2H3,(H,14,17)(H,15,16). The highest BCUT2D eigenvalue weighted by molar-refractivity contribution is 9.10. The van der Waals surface area contributed by atoms with Gasteiger partial charge in [-0.1, -0.05) is 22.0 Å². The zero-order valence-corrected chi connectivity index (χ0v) is 11.1. The highest BCUT2D eigenvalue weighted by atomic mass is 79.9. The van der Waals surface area contributed by atoms with Crippen molar-refractivity contribution in [2.45, 2.75) is 13.8 Å². The summed E-state index contributed by atoms with van der Waals surface area (Å²) >= 11 is 3.42. The number of H-pyrrole nitrogens is 1. The van der Waals surface area contributed by atoms with Crippen LogP contribution < -0.4 is 5.32 Å². The van der Waals surface area contributed by atoms with Gasteiger partial charge in [-0.2, -0.15) is 5.10 Å². The number of hydrogen-bond donors (Lipinski definition) is 2. The zero-order chi connectivity index (χ0) is 12.4. The number of anilines is 1. The minimum absolute atomic E-state index is 0.217. The number of carbonyl (C=O) groups is 1. The Bertz CT molecular complexity index is 563. The van der Waals surface area contributed by atoms with Gasteiger partial charge >= 0.3 is 0 Å². The summed E-state index contributed by atoms with van der Waals surface area (Å²) in [6, 6.07) is 7.37. The number of aryl methyl sites for hydroxylation is 2. The minimum atomic E-state index is -0.217. The fraction of sp³-hybridized carbons (Fsp3) is 0.167. The summed E-state index contributed by atoms with van der Waals surface area (Å²) in [5.41, 5.74) is 3.12. The molecule has 2 N–H and O–H groups in total. The number of nitrogens with one attached hydrogen (secondary N) is 2. The van der Waals surface area contributed by atoms with E-state index in [9.17, 15) is 4.79 Å². The third kappa shape index (κ3) is 2.74. The summed E-state index contributed by atoms with van der Waals surface area (Å²) in [6.07, 6.45) is 0. The fourth-order valence-corrected chi connectivity index (χ4v) is 1.78. The second-order valence-corrected chi connectivity index (χ2v) is 4.71. The summed E-state index contributed by atoms with van der Waals surface area (Å²) in [5, 5.41) is 9.43. The Hall–Kier alpha value is -1.62. The van der Waals surface area contributed by atoms with Crippen LogP contribution in [0.2, 0.25) is 0 Å². The minimum Gasteiger partial charge on any atom is -0.321 e. The van der Waals surface area contributed by atoms with Crippen LogP contribution >= 0.6 is 15.9 Å². The molecule has 0 fully saturated rings. The van der Waals surface area contributed by atoms with Crippen LogP contribution in [0.25, 0.3) is 0 Å². The first-order valence-electron chi connectivity index (χ1n) is 5.16. The summed E-state index contributed by atoms with van der Waals surface area (Å²) in [5.74, 6) is -0.217. The van der Waals surface area contributed by atoms with E-state index in [0.29, 0.717) is 5.69 Å². The first kappa shape index (κ1) is 11.9. The van der Waals surface area contributed by atoms with Crippen LogP contribution in [0.15, 0.2) is 28.7 Å². The normalized spacial score (nSPS) is 10.3. The first-order valence-corrected chi connectivity index (χ1v) is 5.95. The van der Waals surface area contributed by atoms with E-state index in [1.165, 1.54) is 0 Å². The summed E-state index contributed by atoms with van der Waals surface area (Å²) in [7, 11) is 0. The average Bonchev–Trinajstić information content (AvgIpc) is 2.70. The van der Waals surface area contributed by atoms with E-state index < -0.39 is 0 Å². The van der Waals surface area contributed by atoms with Gasteiger partial charge in [-0.05, 0) is 37.6 Å². The van der Waals surface area contributed by atoms with Crippen molar-refractivity contribution in [1.29, 1.82) is 0 Å². The van der Waals surface area contributed by atoms with Gasteiger partial charge in [-0.15, -0.1) is 0 Å². The molecule has 2 rings (SSSR count). The highest BCUT2D eigenvalue weighted by Gasteiger charge is 2.09. The number of benzene rings is 1. The summed E-state index contributed by atoms with van der Waals surface area (Å²) < 4.78 is 0.966. The number of nitrogens with zero attached hydrogens (tertiary/aromatic N) is 1. The van der Waals surface area contributed by atoms with Gasteiger partial charge in [0.15, 0.2) is 5.69 Å². The predicted octanol–water partition coefficient (Wildman–Crippen LogP) is 3.04. The molecule has 1 heterocycles. The maximum Gasteiger partial charge on any atom is 0.276 e. The maximum absolute atomic E-state index is 11.8. The van der Waals surface area contributed by atoms with Crippen LogP contribution in [0.3, 0.4) is 0 Å². The molecule has 17 heavy (non-hydrogen) atoms. The molecule has 5 heteroatoms. The summed E-state index contributed by atoms with van der Waals surface area (Å²) in [6.45, 7) is 3.85. The van der Waals surface area contributed by atoms with Gasteiger partial charge in [0.05, 0.1) is 0 Å². The van der Waals surface area contributed by atoms with Crippen molar-refractivity contribution in [2.75, 3.05) is 5.32 Å². The number of hydrogen-bond acceptors (Lipinski definition) is 2. The van der Waals surface area contributed by atoms with E-state index in [1.54, 1.807) is 6.07 Å². The third-order valence-electron chi connectivity index (χ3n) is 2.37. The molecule has 0 aliphatic heterocycles. The van der Waals surface area contributed by atoms with Gasteiger partial charge in [0.1, 0.15) is 0 Å². The lowest BCUT2D eigenvalue weighted by Crippen LogP contribution is -2.12. The van der Waals surface area contributed by atoms with Crippen LogP contribution in [-0.4, -0.2) is 16.1 Å². The Kier molecular flexibility index (Phi) is 3.28. The van der Waals surface area contributed by atoms with Crippen LogP contribution in [-0.2, 0) is 0 Å². The molecule has 0 spiro atoms. The van der Waals surface area contributed by atoms with Gasteiger partial charge in [0.2, 0.25) is 0 Å². The average molecular weight is 294 g/mol. The SMILES string of the molecule is Cc1cc(C(=O)Nc2ccc(C)c(Br)c2)n[nH]1. The Balaban J connectivity index is 2.15. The van der Waals surface area contributed by atoms with E-state index in [-0.39, 0.29) is 5.91 Å².